The van der Waals surface area contributed by atoms with Gasteiger partial charge in [0.05, 0.1) is 0 Å². The van der Waals surface area contributed by atoms with Crippen LogP contribution in [0.3, 0.4) is 0 Å². The Labute approximate surface area is 58.1 Å². The van der Waals surface area contributed by atoms with Gasteiger partial charge in [0, 0.05) is 6.61 Å². The molecule has 0 aliphatic rings. The fourth-order valence-corrected chi connectivity index (χ4v) is 0.891. The van der Waals surface area contributed by atoms with Gasteiger partial charge in [0.1, 0.15) is 0 Å². The van der Waals surface area contributed by atoms with E-state index in [0.717, 1.165) is 12.3 Å². The van der Waals surface area contributed by atoms with Gasteiger partial charge in [-0.25, -0.2) is 0 Å². The Morgan fingerprint density at radius 1 is 1.22 bits per heavy atom. The van der Waals surface area contributed by atoms with Gasteiger partial charge in [-0.1, -0.05) is 27.2 Å². The Morgan fingerprint density at radius 2 is 1.78 bits per heavy atom. The highest BCUT2D eigenvalue weighted by molar-refractivity contribution is 4.58. The van der Waals surface area contributed by atoms with Gasteiger partial charge in [0.15, 0.2) is 0 Å². The van der Waals surface area contributed by atoms with Gasteiger partial charge in [0.2, 0.25) is 0 Å². The maximum Gasteiger partial charge on any atom is 0.0433 e. The van der Waals surface area contributed by atoms with E-state index in [-0.39, 0.29) is 0 Å². The smallest absolute Gasteiger partial charge is 0.0433 e. The average molecular weight is 130 g/mol. The first-order chi connectivity index (χ1) is 4.22. The molecular weight excluding hydrogens is 112 g/mol. The second-order valence-electron chi connectivity index (χ2n) is 2.88. The van der Waals surface area contributed by atoms with E-state index >= 15 is 0 Å². The van der Waals surface area contributed by atoms with Gasteiger partial charge >= 0.3 is 0 Å². The first kappa shape index (κ1) is 8.96. The molecule has 0 heterocycles. The zero-order chi connectivity index (χ0) is 7.28. The molecule has 56 valence electrons. The summed E-state index contributed by atoms with van der Waals surface area (Å²) in [5.41, 5.74) is 0. The van der Waals surface area contributed by atoms with Gasteiger partial charge in [0.25, 0.3) is 0 Å². The lowest BCUT2D eigenvalue weighted by Gasteiger charge is -2.15. The first-order valence-corrected chi connectivity index (χ1v) is 3.83. The molecule has 0 aromatic rings. The molecule has 0 saturated heterocycles. The summed E-state index contributed by atoms with van der Waals surface area (Å²) in [4.78, 5) is 0. The Bertz CT molecular complexity index is 61.6. The summed E-state index contributed by atoms with van der Waals surface area (Å²) >= 11 is 0. The second-order valence-corrected chi connectivity index (χ2v) is 2.88. The van der Waals surface area contributed by atoms with Crippen molar-refractivity contribution in [2.45, 2.75) is 33.6 Å². The van der Waals surface area contributed by atoms with Crippen molar-refractivity contribution in [1.82, 2.24) is 0 Å². The third kappa shape index (κ3) is 3.52. The van der Waals surface area contributed by atoms with Gasteiger partial charge in [-0.3, -0.25) is 0 Å². The van der Waals surface area contributed by atoms with Crippen LogP contribution in [0, 0.1) is 11.8 Å². The molecule has 0 spiro atoms. The molecule has 0 saturated carbocycles. The Kier molecular flexibility index (Phi) is 4.78. The van der Waals surface area contributed by atoms with Crippen molar-refractivity contribution in [3.05, 3.63) is 0 Å². The Hall–Kier alpha value is -0.0400. The number of hydrogen-bond donors (Lipinski definition) is 1. The summed E-state index contributed by atoms with van der Waals surface area (Å²) in [6.07, 6.45) is 2.18. The highest BCUT2D eigenvalue weighted by Gasteiger charge is 2.07. The van der Waals surface area contributed by atoms with Crippen LogP contribution in [0.4, 0.5) is 0 Å². The van der Waals surface area contributed by atoms with Crippen molar-refractivity contribution in [1.29, 1.82) is 0 Å². The molecule has 2 atom stereocenters. The predicted octanol–water partition coefficient (Wildman–Crippen LogP) is 2.05. The van der Waals surface area contributed by atoms with Crippen molar-refractivity contribution in [3.8, 4) is 0 Å². The molecule has 0 aliphatic heterocycles. The highest BCUT2D eigenvalue weighted by atomic mass is 16.3. The molecule has 0 rings (SSSR count). The molecule has 9 heavy (non-hydrogen) atoms. The van der Waals surface area contributed by atoms with E-state index in [0.29, 0.717) is 12.5 Å². The van der Waals surface area contributed by atoms with Crippen molar-refractivity contribution in [2.75, 3.05) is 6.61 Å². The van der Waals surface area contributed by atoms with Crippen LogP contribution in [-0.2, 0) is 0 Å². The highest BCUT2D eigenvalue weighted by Crippen LogP contribution is 2.16. The van der Waals surface area contributed by atoms with Crippen molar-refractivity contribution >= 4 is 0 Å². The van der Waals surface area contributed by atoms with E-state index in [2.05, 4.69) is 20.8 Å². The molecule has 0 aromatic heterocycles. The number of aliphatic hydroxyl groups is 1. The van der Waals surface area contributed by atoms with Gasteiger partial charge in [-0.05, 0) is 18.3 Å². The maximum absolute atomic E-state index is 8.58. The quantitative estimate of drug-likeness (QED) is 0.617. The lowest BCUT2D eigenvalue weighted by Crippen LogP contribution is -2.08. The Balaban J connectivity index is 3.32. The summed E-state index contributed by atoms with van der Waals surface area (Å²) in [5.74, 6) is 1.44. The lowest BCUT2D eigenvalue weighted by atomic mass is 9.91. The summed E-state index contributed by atoms with van der Waals surface area (Å²) < 4.78 is 0. The number of rotatable bonds is 4. The zero-order valence-electron chi connectivity index (χ0n) is 6.72. The van der Waals surface area contributed by atoms with E-state index in [9.17, 15) is 0 Å². The molecule has 1 heteroatoms. The minimum absolute atomic E-state index is 0.339. The zero-order valence-corrected chi connectivity index (χ0v) is 6.72. The second kappa shape index (κ2) is 4.80. The summed E-state index contributed by atoms with van der Waals surface area (Å²) in [5, 5.41) is 8.58. The molecule has 1 N–H and O–H groups in total. The minimum Gasteiger partial charge on any atom is -0.396 e. The van der Waals surface area contributed by atoms with E-state index in [4.69, 9.17) is 5.11 Å². The third-order valence-electron chi connectivity index (χ3n) is 2.20. The molecule has 0 amide bonds. The average Bonchev–Trinajstić information content (AvgIpc) is 1.87. The van der Waals surface area contributed by atoms with Gasteiger partial charge in [-0.15, -0.1) is 0 Å². The minimum atomic E-state index is 0.339. The number of aliphatic hydroxyl groups excluding tert-OH is 1. The van der Waals surface area contributed by atoms with Crippen LogP contribution in [0.1, 0.15) is 33.6 Å². The summed E-state index contributed by atoms with van der Waals surface area (Å²) in [7, 11) is 0. The molecule has 0 unspecified atom stereocenters. The largest absolute Gasteiger partial charge is 0.396 e. The van der Waals surface area contributed by atoms with E-state index in [1.54, 1.807) is 0 Å². The predicted molar refractivity (Wildman–Crippen MR) is 40.3 cm³/mol. The van der Waals surface area contributed by atoms with Crippen molar-refractivity contribution in [2.24, 2.45) is 11.8 Å². The molecule has 0 aromatic carbocycles. The van der Waals surface area contributed by atoms with Crippen LogP contribution in [0.25, 0.3) is 0 Å². The fourth-order valence-electron chi connectivity index (χ4n) is 0.891. The first-order valence-electron chi connectivity index (χ1n) is 3.83. The van der Waals surface area contributed by atoms with E-state index in [1.165, 1.54) is 6.42 Å². The lowest BCUT2D eigenvalue weighted by molar-refractivity contribution is 0.233. The van der Waals surface area contributed by atoms with Gasteiger partial charge < -0.3 is 5.11 Å². The van der Waals surface area contributed by atoms with Gasteiger partial charge in [-0.2, -0.15) is 0 Å². The molecular formula is C8H18O. The van der Waals surface area contributed by atoms with Crippen LogP contribution >= 0.6 is 0 Å². The van der Waals surface area contributed by atoms with Crippen molar-refractivity contribution in [3.63, 3.8) is 0 Å². The fraction of sp³-hybridized carbons (Fsp3) is 1.00. The van der Waals surface area contributed by atoms with Crippen molar-refractivity contribution < 1.29 is 5.11 Å². The summed E-state index contributed by atoms with van der Waals surface area (Å²) in [6.45, 7) is 6.97. The normalized spacial score (nSPS) is 17.3. The SMILES string of the molecule is CC[C@@H](C)[C@@H](C)CCO. The van der Waals surface area contributed by atoms with Crippen LogP contribution in [-0.4, -0.2) is 11.7 Å². The van der Waals surface area contributed by atoms with E-state index in [1.807, 2.05) is 0 Å². The molecule has 1 nitrogen and oxygen atoms in total. The number of hydrogen-bond acceptors (Lipinski definition) is 1. The van der Waals surface area contributed by atoms with Crippen LogP contribution < -0.4 is 0 Å². The Morgan fingerprint density at radius 3 is 2.11 bits per heavy atom. The third-order valence-corrected chi connectivity index (χ3v) is 2.20. The molecule has 0 bridgehead atoms. The monoisotopic (exact) mass is 130 g/mol. The van der Waals surface area contributed by atoms with E-state index < -0.39 is 0 Å². The maximum atomic E-state index is 8.58. The topological polar surface area (TPSA) is 20.2 Å². The van der Waals surface area contributed by atoms with Crippen LogP contribution in [0.2, 0.25) is 0 Å². The molecule has 0 radical (unpaired) electrons. The molecule has 0 aliphatic carbocycles. The standard InChI is InChI=1S/C8H18O/c1-4-7(2)8(3)5-6-9/h7-9H,4-6H2,1-3H3/t7-,8+/m1/s1. The van der Waals surface area contributed by atoms with Crippen LogP contribution in [0.15, 0.2) is 0 Å². The van der Waals surface area contributed by atoms with Crippen LogP contribution in [0.5, 0.6) is 0 Å². The molecule has 0 fully saturated rings. The summed E-state index contributed by atoms with van der Waals surface area (Å²) in [6, 6.07) is 0.